The molecule has 0 bridgehead atoms. The normalized spacial score (nSPS) is 10.7. The topological polar surface area (TPSA) is 37.8 Å². The minimum Gasteiger partial charge on any atom is -0.340 e. The lowest BCUT2D eigenvalue weighted by atomic mass is 10.1. The van der Waals surface area contributed by atoms with Crippen LogP contribution in [-0.2, 0) is 0 Å². The maximum absolute atomic E-state index is 4.44. The van der Waals surface area contributed by atoms with Gasteiger partial charge < -0.3 is 5.32 Å². The van der Waals surface area contributed by atoms with Gasteiger partial charge in [0.15, 0.2) is 0 Å². The molecule has 4 aromatic rings. The van der Waals surface area contributed by atoms with E-state index in [9.17, 15) is 0 Å². The zero-order chi connectivity index (χ0) is 14.8. The molecule has 2 aromatic heterocycles. The first-order chi connectivity index (χ1) is 10.9. The van der Waals surface area contributed by atoms with Gasteiger partial charge in [0.1, 0.15) is 17.0 Å². The van der Waals surface area contributed by atoms with E-state index in [2.05, 4.69) is 32.8 Å². The summed E-state index contributed by atoms with van der Waals surface area (Å²) >= 11 is 1.64. The van der Waals surface area contributed by atoms with Crippen molar-refractivity contribution in [1.82, 2.24) is 9.97 Å². The van der Waals surface area contributed by atoms with Crippen molar-refractivity contribution in [3.8, 4) is 11.1 Å². The van der Waals surface area contributed by atoms with Crippen LogP contribution in [0.2, 0.25) is 0 Å². The van der Waals surface area contributed by atoms with Crippen molar-refractivity contribution in [1.29, 1.82) is 0 Å². The second-order valence-corrected chi connectivity index (χ2v) is 5.77. The summed E-state index contributed by atoms with van der Waals surface area (Å²) in [6, 6.07) is 20.4. The second-order valence-electron chi connectivity index (χ2n) is 4.91. The number of rotatable bonds is 3. The first kappa shape index (κ1) is 13.0. The smallest absolute Gasteiger partial charge is 0.143 e. The van der Waals surface area contributed by atoms with E-state index < -0.39 is 0 Å². The van der Waals surface area contributed by atoms with Gasteiger partial charge in [-0.1, -0.05) is 48.5 Å². The number of nitrogens with zero attached hydrogens (tertiary/aromatic N) is 2. The van der Waals surface area contributed by atoms with E-state index in [-0.39, 0.29) is 0 Å². The van der Waals surface area contributed by atoms with E-state index in [1.165, 1.54) is 11.1 Å². The predicted octanol–water partition coefficient (Wildman–Crippen LogP) is 5.10. The molecule has 0 spiro atoms. The van der Waals surface area contributed by atoms with Crippen LogP contribution < -0.4 is 5.32 Å². The summed E-state index contributed by atoms with van der Waals surface area (Å²) in [6.07, 6.45) is 1.61. The van der Waals surface area contributed by atoms with Gasteiger partial charge in [-0.3, -0.25) is 0 Å². The molecule has 2 heterocycles. The molecule has 0 radical (unpaired) electrons. The van der Waals surface area contributed by atoms with Crippen LogP contribution in [0.25, 0.3) is 21.3 Å². The Morgan fingerprint density at radius 1 is 0.818 bits per heavy atom. The van der Waals surface area contributed by atoms with Gasteiger partial charge >= 0.3 is 0 Å². The second kappa shape index (κ2) is 5.58. The Balaban J connectivity index is 1.87. The number of nitrogens with one attached hydrogen (secondary N) is 1. The number of hydrogen-bond donors (Lipinski definition) is 1. The minimum atomic E-state index is 0.844. The predicted molar refractivity (Wildman–Crippen MR) is 92.6 cm³/mol. The molecule has 4 heteroatoms. The van der Waals surface area contributed by atoms with Gasteiger partial charge in [-0.15, -0.1) is 11.3 Å². The quantitative estimate of drug-likeness (QED) is 0.572. The summed E-state index contributed by atoms with van der Waals surface area (Å²) in [5.41, 5.74) is 3.37. The molecule has 2 aromatic carbocycles. The van der Waals surface area contributed by atoms with E-state index >= 15 is 0 Å². The molecule has 0 atom stereocenters. The zero-order valence-electron chi connectivity index (χ0n) is 11.7. The van der Waals surface area contributed by atoms with Crippen molar-refractivity contribution >= 4 is 33.1 Å². The molecule has 106 valence electrons. The molecule has 0 unspecified atom stereocenters. The van der Waals surface area contributed by atoms with Crippen molar-refractivity contribution in [2.24, 2.45) is 0 Å². The van der Waals surface area contributed by atoms with Gasteiger partial charge in [0, 0.05) is 16.6 Å². The Morgan fingerprint density at radius 2 is 1.55 bits per heavy atom. The van der Waals surface area contributed by atoms with Gasteiger partial charge in [0.2, 0.25) is 0 Å². The van der Waals surface area contributed by atoms with E-state index in [0.29, 0.717) is 0 Å². The van der Waals surface area contributed by atoms with Crippen LogP contribution in [0, 0.1) is 0 Å². The van der Waals surface area contributed by atoms with Crippen LogP contribution in [0.15, 0.2) is 72.4 Å². The fourth-order valence-corrected chi connectivity index (χ4v) is 3.37. The Morgan fingerprint density at radius 3 is 2.32 bits per heavy atom. The fourth-order valence-electron chi connectivity index (χ4n) is 2.46. The lowest BCUT2D eigenvalue weighted by Crippen LogP contribution is -1.95. The Kier molecular flexibility index (Phi) is 3.29. The molecule has 0 aliphatic heterocycles. The maximum Gasteiger partial charge on any atom is 0.143 e. The van der Waals surface area contributed by atoms with Gasteiger partial charge in [0.25, 0.3) is 0 Å². The third-order valence-electron chi connectivity index (χ3n) is 3.49. The lowest BCUT2D eigenvalue weighted by molar-refractivity contribution is 1.23. The third kappa shape index (κ3) is 2.34. The molecule has 0 amide bonds. The van der Waals surface area contributed by atoms with E-state index in [1.54, 1.807) is 17.7 Å². The first-order valence-corrected chi connectivity index (χ1v) is 7.89. The monoisotopic (exact) mass is 303 g/mol. The number of anilines is 2. The van der Waals surface area contributed by atoms with Crippen molar-refractivity contribution in [3.63, 3.8) is 0 Å². The van der Waals surface area contributed by atoms with Crippen LogP contribution in [-0.4, -0.2) is 9.97 Å². The average molecular weight is 303 g/mol. The average Bonchev–Trinajstić information content (AvgIpc) is 3.02. The van der Waals surface area contributed by atoms with Crippen molar-refractivity contribution in [3.05, 3.63) is 72.4 Å². The molecule has 0 aliphatic carbocycles. The van der Waals surface area contributed by atoms with Crippen molar-refractivity contribution in [2.45, 2.75) is 0 Å². The minimum absolute atomic E-state index is 0.844. The Bertz CT molecular complexity index is 901. The third-order valence-corrected chi connectivity index (χ3v) is 4.38. The van der Waals surface area contributed by atoms with Gasteiger partial charge in [-0.25, -0.2) is 9.97 Å². The van der Waals surface area contributed by atoms with E-state index in [4.69, 9.17) is 0 Å². The number of para-hydroxylation sites is 1. The summed E-state index contributed by atoms with van der Waals surface area (Å²) in [7, 11) is 0. The molecule has 1 N–H and O–H groups in total. The van der Waals surface area contributed by atoms with Gasteiger partial charge in [-0.05, 0) is 17.7 Å². The molecular formula is C18H13N3S. The summed E-state index contributed by atoms with van der Waals surface area (Å²) in [5.74, 6) is 0.844. The summed E-state index contributed by atoms with van der Waals surface area (Å²) in [5, 5.41) is 6.61. The van der Waals surface area contributed by atoms with Crippen molar-refractivity contribution < 1.29 is 0 Å². The largest absolute Gasteiger partial charge is 0.340 e. The SMILES string of the molecule is c1ccc(Nc2ncnc3scc(-c4ccccc4)c23)cc1. The molecule has 22 heavy (non-hydrogen) atoms. The van der Waals surface area contributed by atoms with Gasteiger partial charge in [0.05, 0.1) is 5.39 Å². The number of aromatic nitrogens is 2. The van der Waals surface area contributed by atoms with Crippen LogP contribution in [0.4, 0.5) is 11.5 Å². The highest BCUT2D eigenvalue weighted by molar-refractivity contribution is 7.17. The summed E-state index contributed by atoms with van der Waals surface area (Å²) in [6.45, 7) is 0. The highest BCUT2D eigenvalue weighted by Gasteiger charge is 2.12. The van der Waals surface area contributed by atoms with Crippen LogP contribution in [0.5, 0.6) is 0 Å². The van der Waals surface area contributed by atoms with E-state index in [0.717, 1.165) is 21.7 Å². The fraction of sp³-hybridized carbons (Fsp3) is 0. The standard InChI is InChI=1S/C18H13N3S/c1-3-7-13(8-4-1)15-11-22-18-16(15)17(19-12-20-18)21-14-9-5-2-6-10-14/h1-12H,(H,19,20,21). The molecule has 0 saturated heterocycles. The van der Waals surface area contributed by atoms with Crippen molar-refractivity contribution in [2.75, 3.05) is 5.32 Å². The van der Waals surface area contributed by atoms with Crippen LogP contribution in [0.1, 0.15) is 0 Å². The molecule has 4 rings (SSSR count). The Labute approximate surface area is 132 Å². The first-order valence-electron chi connectivity index (χ1n) is 7.01. The number of fused-ring (bicyclic) bond motifs is 1. The van der Waals surface area contributed by atoms with Crippen LogP contribution >= 0.6 is 11.3 Å². The number of hydrogen-bond acceptors (Lipinski definition) is 4. The molecule has 3 nitrogen and oxygen atoms in total. The number of thiophene rings is 1. The highest BCUT2D eigenvalue weighted by atomic mass is 32.1. The summed E-state index contributed by atoms with van der Waals surface area (Å²) in [4.78, 5) is 9.83. The maximum atomic E-state index is 4.44. The molecule has 0 fully saturated rings. The number of benzene rings is 2. The van der Waals surface area contributed by atoms with Gasteiger partial charge in [-0.2, -0.15) is 0 Å². The molecule has 0 aliphatic rings. The Hall–Kier alpha value is -2.72. The summed E-state index contributed by atoms with van der Waals surface area (Å²) < 4.78 is 0. The van der Waals surface area contributed by atoms with E-state index in [1.807, 2.05) is 48.5 Å². The lowest BCUT2D eigenvalue weighted by Gasteiger charge is -2.08. The zero-order valence-corrected chi connectivity index (χ0v) is 12.5. The molecular weight excluding hydrogens is 290 g/mol. The van der Waals surface area contributed by atoms with Crippen LogP contribution in [0.3, 0.4) is 0 Å². The highest BCUT2D eigenvalue weighted by Crippen LogP contribution is 2.37. The molecule has 0 saturated carbocycles.